The molecule has 0 amide bonds. The second-order valence-corrected chi connectivity index (χ2v) is 8.21. The fraction of sp³-hybridized carbons (Fsp3) is 0.600. The van der Waals surface area contributed by atoms with Crippen molar-refractivity contribution in [2.24, 2.45) is 7.05 Å². The van der Waals surface area contributed by atoms with E-state index in [1.54, 1.807) is 0 Å². The normalized spacial score (nSPS) is 17.4. The van der Waals surface area contributed by atoms with Crippen LogP contribution in [0.4, 0.5) is 0 Å². The Labute approximate surface area is 150 Å². The molecule has 1 N–H and O–H groups in total. The van der Waals surface area contributed by atoms with Crippen molar-refractivity contribution < 1.29 is 0 Å². The molecule has 0 saturated heterocycles. The summed E-state index contributed by atoms with van der Waals surface area (Å²) in [5.41, 5.74) is 4.36. The molecule has 1 aliphatic rings. The monoisotopic (exact) mass is 339 g/mol. The number of nitriles is 1. The zero-order valence-electron chi connectivity index (χ0n) is 16.1. The first-order valence-corrected chi connectivity index (χ1v) is 9.15. The number of fused-ring (bicyclic) bond motifs is 1. The SMILES string of the molecule is Cc1c(CNC[C@@H]2CCCn3cc(C(C)(C)C)nc32)cc(C#N)n1C. The van der Waals surface area contributed by atoms with Crippen molar-refractivity contribution in [2.45, 2.75) is 65.0 Å². The average molecular weight is 339 g/mol. The Morgan fingerprint density at radius 1 is 1.40 bits per heavy atom. The number of aromatic nitrogens is 3. The summed E-state index contributed by atoms with van der Waals surface area (Å²) in [5.74, 6) is 1.69. The molecule has 1 atom stereocenters. The van der Waals surface area contributed by atoms with Gasteiger partial charge in [-0.25, -0.2) is 4.98 Å². The summed E-state index contributed by atoms with van der Waals surface area (Å²) >= 11 is 0. The number of imidazole rings is 1. The first-order valence-electron chi connectivity index (χ1n) is 9.15. The van der Waals surface area contributed by atoms with E-state index in [-0.39, 0.29) is 5.41 Å². The Hall–Kier alpha value is -2.06. The lowest BCUT2D eigenvalue weighted by Crippen LogP contribution is -2.26. The predicted molar refractivity (Wildman–Crippen MR) is 99.5 cm³/mol. The lowest BCUT2D eigenvalue weighted by Gasteiger charge is -2.23. The number of hydrogen-bond acceptors (Lipinski definition) is 3. The third-order valence-corrected chi connectivity index (χ3v) is 5.35. The molecule has 0 saturated carbocycles. The van der Waals surface area contributed by atoms with Crippen LogP contribution in [-0.4, -0.2) is 20.7 Å². The summed E-state index contributed by atoms with van der Waals surface area (Å²) < 4.78 is 4.30. The molecule has 25 heavy (non-hydrogen) atoms. The van der Waals surface area contributed by atoms with E-state index in [0.717, 1.165) is 31.0 Å². The molecule has 1 aliphatic heterocycles. The molecule has 0 aliphatic carbocycles. The predicted octanol–water partition coefficient (Wildman–Crippen LogP) is 3.37. The first kappa shape index (κ1) is 17.8. The van der Waals surface area contributed by atoms with Gasteiger partial charge in [-0.1, -0.05) is 20.8 Å². The molecular weight excluding hydrogens is 310 g/mol. The van der Waals surface area contributed by atoms with Gasteiger partial charge in [-0.05, 0) is 31.4 Å². The number of nitrogens with one attached hydrogen (secondary N) is 1. The minimum Gasteiger partial charge on any atom is -0.340 e. The molecule has 134 valence electrons. The molecule has 0 bridgehead atoms. The van der Waals surface area contributed by atoms with Crippen LogP contribution in [0.1, 0.15) is 68.0 Å². The molecule has 3 heterocycles. The van der Waals surface area contributed by atoms with Gasteiger partial charge in [0.1, 0.15) is 17.6 Å². The summed E-state index contributed by atoms with van der Waals surface area (Å²) in [4.78, 5) is 4.95. The molecule has 2 aromatic rings. The molecular formula is C20H29N5. The van der Waals surface area contributed by atoms with E-state index in [1.807, 2.05) is 17.7 Å². The van der Waals surface area contributed by atoms with Gasteiger partial charge in [-0.2, -0.15) is 5.26 Å². The molecule has 5 nitrogen and oxygen atoms in total. The van der Waals surface area contributed by atoms with Crippen LogP contribution in [0.2, 0.25) is 0 Å². The van der Waals surface area contributed by atoms with E-state index < -0.39 is 0 Å². The Morgan fingerprint density at radius 2 is 2.16 bits per heavy atom. The van der Waals surface area contributed by atoms with Crippen molar-refractivity contribution >= 4 is 0 Å². The fourth-order valence-electron chi connectivity index (χ4n) is 3.56. The zero-order chi connectivity index (χ0) is 18.2. The topological polar surface area (TPSA) is 58.6 Å². The van der Waals surface area contributed by atoms with Gasteiger partial charge in [0.25, 0.3) is 0 Å². The van der Waals surface area contributed by atoms with Gasteiger partial charge < -0.3 is 14.5 Å². The summed E-state index contributed by atoms with van der Waals surface area (Å²) in [6.07, 6.45) is 4.63. The van der Waals surface area contributed by atoms with E-state index in [1.165, 1.54) is 29.9 Å². The average Bonchev–Trinajstić information content (AvgIpc) is 3.12. The number of aryl methyl sites for hydroxylation is 1. The third kappa shape index (κ3) is 3.50. The van der Waals surface area contributed by atoms with Gasteiger partial charge in [-0.15, -0.1) is 0 Å². The van der Waals surface area contributed by atoms with E-state index in [4.69, 9.17) is 10.2 Å². The van der Waals surface area contributed by atoms with Crippen LogP contribution in [0.25, 0.3) is 0 Å². The second kappa shape index (κ2) is 6.68. The Balaban J connectivity index is 1.68. The molecule has 0 radical (unpaired) electrons. The van der Waals surface area contributed by atoms with Crippen LogP contribution in [-0.2, 0) is 25.6 Å². The summed E-state index contributed by atoms with van der Waals surface area (Å²) in [6.45, 7) is 11.5. The zero-order valence-corrected chi connectivity index (χ0v) is 16.1. The maximum Gasteiger partial charge on any atom is 0.120 e. The van der Waals surface area contributed by atoms with Crippen molar-refractivity contribution in [1.82, 2.24) is 19.4 Å². The van der Waals surface area contributed by atoms with Crippen molar-refractivity contribution in [3.63, 3.8) is 0 Å². The fourth-order valence-corrected chi connectivity index (χ4v) is 3.56. The van der Waals surface area contributed by atoms with Crippen molar-refractivity contribution in [2.75, 3.05) is 6.54 Å². The number of hydrogen-bond donors (Lipinski definition) is 1. The maximum absolute atomic E-state index is 9.16. The van der Waals surface area contributed by atoms with Gasteiger partial charge >= 0.3 is 0 Å². The summed E-state index contributed by atoms with van der Waals surface area (Å²) in [6, 6.07) is 4.24. The molecule has 0 spiro atoms. The quantitative estimate of drug-likeness (QED) is 0.929. The Bertz CT molecular complexity index is 797. The number of nitrogens with zero attached hydrogens (tertiary/aromatic N) is 4. The third-order valence-electron chi connectivity index (χ3n) is 5.35. The van der Waals surface area contributed by atoms with E-state index in [9.17, 15) is 0 Å². The smallest absolute Gasteiger partial charge is 0.120 e. The van der Waals surface area contributed by atoms with Crippen molar-refractivity contribution in [1.29, 1.82) is 5.26 Å². The number of rotatable bonds is 4. The van der Waals surface area contributed by atoms with Crippen molar-refractivity contribution in [3.8, 4) is 6.07 Å². The first-order chi connectivity index (χ1) is 11.8. The molecule has 0 fully saturated rings. The highest BCUT2D eigenvalue weighted by Gasteiger charge is 2.26. The standard InChI is InChI=1S/C20H29N5/c1-14-16(9-17(10-21)24(14)5)12-22-11-15-7-6-8-25-13-18(20(2,3)4)23-19(15)25/h9,13,15,22H,6-8,11-12H2,1-5H3/t15-/m0/s1. The van der Waals surface area contributed by atoms with Gasteiger partial charge in [-0.3, -0.25) is 0 Å². The van der Waals surface area contributed by atoms with Gasteiger partial charge in [0, 0.05) is 49.9 Å². The van der Waals surface area contributed by atoms with E-state index in [0.29, 0.717) is 5.92 Å². The van der Waals surface area contributed by atoms with E-state index in [2.05, 4.69) is 49.8 Å². The van der Waals surface area contributed by atoms with Crippen LogP contribution in [0, 0.1) is 18.3 Å². The molecule has 0 aromatic carbocycles. The lowest BCUT2D eigenvalue weighted by atomic mass is 9.93. The van der Waals surface area contributed by atoms with E-state index >= 15 is 0 Å². The lowest BCUT2D eigenvalue weighted by molar-refractivity contribution is 0.422. The highest BCUT2D eigenvalue weighted by molar-refractivity contribution is 5.34. The van der Waals surface area contributed by atoms with Gasteiger partial charge in [0.05, 0.1) is 5.69 Å². The van der Waals surface area contributed by atoms with Crippen LogP contribution in [0.15, 0.2) is 12.3 Å². The van der Waals surface area contributed by atoms with Gasteiger partial charge in [0.2, 0.25) is 0 Å². The van der Waals surface area contributed by atoms with Gasteiger partial charge in [0.15, 0.2) is 0 Å². The summed E-state index contributed by atoms with van der Waals surface area (Å²) in [5, 5.41) is 12.8. The highest BCUT2D eigenvalue weighted by atomic mass is 15.1. The molecule has 2 aromatic heterocycles. The Kier molecular flexibility index (Phi) is 4.75. The largest absolute Gasteiger partial charge is 0.340 e. The maximum atomic E-state index is 9.16. The van der Waals surface area contributed by atoms with Crippen LogP contribution in [0.5, 0.6) is 0 Å². The Morgan fingerprint density at radius 3 is 2.80 bits per heavy atom. The minimum absolute atomic E-state index is 0.0944. The molecule has 5 heteroatoms. The van der Waals surface area contributed by atoms with Crippen LogP contribution >= 0.6 is 0 Å². The molecule has 3 rings (SSSR count). The summed E-state index contributed by atoms with van der Waals surface area (Å²) in [7, 11) is 1.95. The van der Waals surface area contributed by atoms with Crippen LogP contribution in [0.3, 0.4) is 0 Å². The van der Waals surface area contributed by atoms with Crippen molar-refractivity contribution in [3.05, 3.63) is 40.7 Å². The second-order valence-electron chi connectivity index (χ2n) is 8.21. The van der Waals surface area contributed by atoms with Crippen LogP contribution < -0.4 is 5.32 Å². The highest BCUT2D eigenvalue weighted by Crippen LogP contribution is 2.30. The molecule has 0 unspecified atom stereocenters. The minimum atomic E-state index is 0.0944.